The first-order valence-electron chi connectivity index (χ1n) is 7.99. The van der Waals surface area contributed by atoms with Crippen molar-refractivity contribution in [2.45, 2.75) is 13.3 Å². The lowest BCUT2D eigenvalue weighted by Gasteiger charge is -2.09. The van der Waals surface area contributed by atoms with Gasteiger partial charge in [-0.25, -0.2) is 0 Å². The number of esters is 1. The van der Waals surface area contributed by atoms with Crippen molar-refractivity contribution in [2.24, 2.45) is 0 Å². The van der Waals surface area contributed by atoms with Crippen LogP contribution in [0.5, 0.6) is 5.75 Å². The van der Waals surface area contributed by atoms with Crippen molar-refractivity contribution in [3.8, 4) is 5.75 Å². The van der Waals surface area contributed by atoms with Gasteiger partial charge in [0.1, 0.15) is 5.75 Å². The van der Waals surface area contributed by atoms with E-state index >= 15 is 0 Å². The van der Waals surface area contributed by atoms with Crippen LogP contribution in [0.4, 0.5) is 5.69 Å². The Morgan fingerprint density at radius 2 is 1.74 bits per heavy atom. The van der Waals surface area contributed by atoms with Crippen LogP contribution in [0.25, 0.3) is 0 Å². The number of halogens is 2. The molecule has 1 amide bonds. The van der Waals surface area contributed by atoms with Gasteiger partial charge in [0, 0.05) is 10.6 Å². The van der Waals surface area contributed by atoms with Gasteiger partial charge in [0.25, 0.3) is 5.91 Å². The molecule has 2 rings (SSSR count). The molecule has 0 saturated carbocycles. The summed E-state index contributed by atoms with van der Waals surface area (Å²) in [5.74, 6) is -0.625. The monoisotopic (exact) mass is 409 g/mol. The van der Waals surface area contributed by atoms with Gasteiger partial charge in [0.15, 0.2) is 12.4 Å². The minimum atomic E-state index is -0.581. The second-order valence-corrected chi connectivity index (χ2v) is 6.36. The topological polar surface area (TPSA) is 81.7 Å². The largest absolute Gasteiger partial charge is 0.493 e. The molecule has 142 valence electrons. The number of carbonyl (C=O) groups excluding carboxylic acids is 3. The fraction of sp³-hybridized carbons (Fsp3) is 0.211. The Bertz CT molecular complexity index is 836. The third-order valence-corrected chi connectivity index (χ3v) is 3.97. The number of rotatable bonds is 8. The maximum absolute atomic E-state index is 11.8. The molecule has 0 aliphatic carbocycles. The van der Waals surface area contributed by atoms with Gasteiger partial charge in [-0.1, -0.05) is 23.2 Å². The van der Waals surface area contributed by atoms with E-state index in [0.717, 1.165) is 0 Å². The molecule has 8 heteroatoms. The third-order valence-electron chi connectivity index (χ3n) is 3.40. The maximum atomic E-state index is 11.8. The summed E-state index contributed by atoms with van der Waals surface area (Å²) in [7, 11) is 0. The molecule has 2 aromatic carbocycles. The van der Waals surface area contributed by atoms with Crippen LogP contribution in [-0.2, 0) is 14.3 Å². The van der Waals surface area contributed by atoms with E-state index in [-0.39, 0.29) is 18.8 Å². The highest BCUT2D eigenvalue weighted by Crippen LogP contribution is 2.25. The molecule has 0 unspecified atom stereocenters. The van der Waals surface area contributed by atoms with Crippen molar-refractivity contribution in [2.75, 3.05) is 18.5 Å². The Hall–Kier alpha value is -2.57. The number of hydrogen-bond acceptors (Lipinski definition) is 5. The number of benzene rings is 2. The highest BCUT2D eigenvalue weighted by Gasteiger charge is 2.10. The van der Waals surface area contributed by atoms with Crippen molar-refractivity contribution in [3.05, 3.63) is 58.1 Å². The Kier molecular flexibility index (Phi) is 7.64. The van der Waals surface area contributed by atoms with Crippen LogP contribution in [0.15, 0.2) is 42.5 Å². The lowest BCUT2D eigenvalue weighted by Crippen LogP contribution is -2.21. The first-order valence-corrected chi connectivity index (χ1v) is 8.75. The van der Waals surface area contributed by atoms with Crippen molar-refractivity contribution in [3.63, 3.8) is 0 Å². The van der Waals surface area contributed by atoms with E-state index in [1.165, 1.54) is 13.0 Å². The minimum absolute atomic E-state index is 0.0281. The minimum Gasteiger partial charge on any atom is -0.493 e. The van der Waals surface area contributed by atoms with Crippen LogP contribution < -0.4 is 10.1 Å². The molecule has 0 saturated heterocycles. The molecule has 6 nitrogen and oxygen atoms in total. The van der Waals surface area contributed by atoms with E-state index < -0.39 is 18.5 Å². The van der Waals surface area contributed by atoms with Gasteiger partial charge in [0.05, 0.1) is 23.7 Å². The molecular weight excluding hydrogens is 393 g/mol. The predicted octanol–water partition coefficient (Wildman–Crippen LogP) is 4.15. The molecule has 0 aliphatic heterocycles. The quantitative estimate of drug-likeness (QED) is 0.523. The van der Waals surface area contributed by atoms with Gasteiger partial charge >= 0.3 is 5.97 Å². The van der Waals surface area contributed by atoms with Crippen LogP contribution in [0.1, 0.15) is 23.7 Å². The molecule has 0 spiro atoms. The number of ketones is 1. The summed E-state index contributed by atoms with van der Waals surface area (Å²) in [6, 6.07) is 11.2. The normalized spacial score (nSPS) is 10.2. The summed E-state index contributed by atoms with van der Waals surface area (Å²) in [6.07, 6.45) is -0.0281. The van der Waals surface area contributed by atoms with E-state index in [9.17, 15) is 14.4 Å². The molecule has 0 aliphatic rings. The molecule has 27 heavy (non-hydrogen) atoms. The molecule has 0 bridgehead atoms. The fourth-order valence-electron chi connectivity index (χ4n) is 2.04. The van der Waals surface area contributed by atoms with Gasteiger partial charge in [-0.2, -0.15) is 0 Å². The number of carbonyl (C=O) groups is 3. The standard InChI is InChI=1S/C19H17Cl2NO5/c1-12(23)13-2-5-15(6-3-13)26-9-8-19(25)27-11-18(24)22-17-10-14(20)4-7-16(17)21/h2-7,10H,8-9,11H2,1H3,(H,22,24). The van der Waals surface area contributed by atoms with Crippen LogP contribution in [-0.4, -0.2) is 30.9 Å². The van der Waals surface area contributed by atoms with E-state index in [0.29, 0.717) is 27.0 Å². The summed E-state index contributed by atoms with van der Waals surface area (Å²) in [5.41, 5.74) is 0.912. The molecule has 0 fully saturated rings. The Morgan fingerprint density at radius 1 is 1.04 bits per heavy atom. The van der Waals surface area contributed by atoms with Crippen molar-refractivity contribution >= 4 is 46.5 Å². The second kappa shape index (κ2) is 9.94. The first kappa shape index (κ1) is 20.7. The summed E-state index contributed by atoms with van der Waals surface area (Å²) in [5, 5.41) is 3.25. The maximum Gasteiger partial charge on any atom is 0.309 e. The zero-order valence-corrected chi connectivity index (χ0v) is 16.0. The second-order valence-electron chi connectivity index (χ2n) is 5.51. The molecular formula is C19H17Cl2NO5. The average Bonchev–Trinajstić information content (AvgIpc) is 2.63. The van der Waals surface area contributed by atoms with Gasteiger partial charge in [0.2, 0.25) is 0 Å². The lowest BCUT2D eigenvalue weighted by atomic mass is 10.1. The summed E-state index contributed by atoms with van der Waals surface area (Å²) in [4.78, 5) is 34.7. The summed E-state index contributed by atoms with van der Waals surface area (Å²) in [6.45, 7) is 1.11. The third kappa shape index (κ3) is 6.92. The smallest absolute Gasteiger partial charge is 0.309 e. The number of nitrogens with one attached hydrogen (secondary N) is 1. The van der Waals surface area contributed by atoms with Crippen LogP contribution in [0.2, 0.25) is 10.0 Å². The van der Waals surface area contributed by atoms with Crippen LogP contribution in [0, 0.1) is 0 Å². The van der Waals surface area contributed by atoms with Gasteiger partial charge in [-0.05, 0) is 49.4 Å². The number of Topliss-reactive ketones (excluding diaryl/α,β-unsaturated/α-hetero) is 1. The number of hydrogen-bond donors (Lipinski definition) is 1. The summed E-state index contributed by atoms with van der Waals surface area (Å²) >= 11 is 11.8. The van der Waals surface area contributed by atoms with Gasteiger partial charge < -0.3 is 14.8 Å². The molecule has 0 radical (unpaired) electrons. The van der Waals surface area contributed by atoms with Crippen LogP contribution >= 0.6 is 23.2 Å². The lowest BCUT2D eigenvalue weighted by molar-refractivity contribution is -0.147. The first-order chi connectivity index (χ1) is 12.8. The van der Waals surface area contributed by atoms with E-state index in [2.05, 4.69) is 5.32 Å². The number of ether oxygens (including phenoxy) is 2. The number of amides is 1. The van der Waals surface area contributed by atoms with Gasteiger partial charge in [-0.15, -0.1) is 0 Å². The van der Waals surface area contributed by atoms with Crippen molar-refractivity contribution < 1.29 is 23.9 Å². The van der Waals surface area contributed by atoms with Crippen molar-refractivity contribution in [1.82, 2.24) is 0 Å². The molecule has 0 aromatic heterocycles. The van der Waals surface area contributed by atoms with Crippen molar-refractivity contribution in [1.29, 1.82) is 0 Å². The van der Waals surface area contributed by atoms with Crippen LogP contribution in [0.3, 0.4) is 0 Å². The van der Waals surface area contributed by atoms with E-state index in [4.69, 9.17) is 32.7 Å². The van der Waals surface area contributed by atoms with E-state index in [1.54, 1.807) is 36.4 Å². The molecule has 0 heterocycles. The van der Waals surface area contributed by atoms with Gasteiger partial charge in [-0.3, -0.25) is 14.4 Å². The highest BCUT2D eigenvalue weighted by atomic mass is 35.5. The Labute approximate surface area is 166 Å². The molecule has 0 atom stereocenters. The Balaban J connectivity index is 1.70. The zero-order valence-electron chi connectivity index (χ0n) is 14.5. The Morgan fingerprint density at radius 3 is 2.41 bits per heavy atom. The number of anilines is 1. The average molecular weight is 410 g/mol. The summed E-state index contributed by atoms with van der Waals surface area (Å²) < 4.78 is 10.3. The molecule has 1 N–H and O–H groups in total. The van der Waals surface area contributed by atoms with E-state index in [1.807, 2.05) is 0 Å². The predicted molar refractivity (Wildman–Crippen MR) is 103 cm³/mol. The molecule has 2 aromatic rings. The fourth-order valence-corrected chi connectivity index (χ4v) is 2.37. The highest BCUT2D eigenvalue weighted by molar-refractivity contribution is 6.35. The zero-order chi connectivity index (χ0) is 19.8. The SMILES string of the molecule is CC(=O)c1ccc(OCCC(=O)OCC(=O)Nc2cc(Cl)ccc2Cl)cc1.